The predicted molar refractivity (Wildman–Crippen MR) is 83.6 cm³/mol. The average Bonchev–Trinajstić information content (AvgIpc) is 2.69. The number of hydrogen-bond acceptors (Lipinski definition) is 4. The molecule has 1 fully saturated rings. The summed E-state index contributed by atoms with van der Waals surface area (Å²) in [4.78, 5) is 11.0. The Morgan fingerprint density at radius 3 is 2.57 bits per heavy atom. The number of nitrogens with zero attached hydrogens (tertiary/aromatic N) is 3. The van der Waals surface area contributed by atoms with Crippen molar-refractivity contribution in [2.45, 2.75) is 72.4 Å². The van der Waals surface area contributed by atoms with Crippen LogP contribution in [0.4, 0.5) is 11.5 Å². The lowest BCUT2D eigenvalue weighted by molar-refractivity contribution is -0.384. The number of aryl methyl sites for hydroxylation is 2. The molecule has 1 saturated carbocycles. The maximum atomic E-state index is 11.3. The first-order chi connectivity index (χ1) is 9.84. The Morgan fingerprint density at radius 2 is 2.05 bits per heavy atom. The van der Waals surface area contributed by atoms with Gasteiger partial charge in [0.25, 0.3) is 0 Å². The van der Waals surface area contributed by atoms with E-state index in [9.17, 15) is 10.1 Å². The molecule has 1 heterocycles. The molecule has 6 heteroatoms. The SMILES string of the molecule is CCCn1nc(C)c([N+](=O)[O-])c1NC1CCC(C)(C)CC1. The summed E-state index contributed by atoms with van der Waals surface area (Å²) in [6.45, 7) is 9.04. The third-order valence-corrected chi connectivity index (χ3v) is 4.39. The Labute approximate surface area is 126 Å². The molecule has 2 rings (SSSR count). The summed E-state index contributed by atoms with van der Waals surface area (Å²) in [5, 5.41) is 19.0. The fraction of sp³-hybridized carbons (Fsp3) is 0.800. The van der Waals surface area contributed by atoms with Crippen LogP contribution in [0.3, 0.4) is 0 Å². The lowest BCUT2D eigenvalue weighted by Crippen LogP contribution is -2.30. The summed E-state index contributed by atoms with van der Waals surface area (Å²) < 4.78 is 1.76. The summed E-state index contributed by atoms with van der Waals surface area (Å²) in [5.74, 6) is 0.587. The largest absolute Gasteiger partial charge is 0.362 e. The van der Waals surface area contributed by atoms with Crippen LogP contribution in [0.1, 0.15) is 58.6 Å². The second kappa shape index (κ2) is 6.03. The molecule has 6 nitrogen and oxygen atoms in total. The van der Waals surface area contributed by atoms with Gasteiger partial charge in [0, 0.05) is 12.6 Å². The zero-order valence-electron chi connectivity index (χ0n) is 13.5. The molecule has 0 unspecified atom stereocenters. The van der Waals surface area contributed by atoms with E-state index in [1.165, 1.54) is 0 Å². The van der Waals surface area contributed by atoms with E-state index < -0.39 is 0 Å². The molecular formula is C15H26N4O2. The Balaban J connectivity index is 2.20. The second-order valence-electron chi connectivity index (χ2n) is 6.85. The molecule has 1 aliphatic rings. The van der Waals surface area contributed by atoms with Gasteiger partial charge in [-0.2, -0.15) is 5.10 Å². The highest BCUT2D eigenvalue weighted by Gasteiger charge is 2.31. The monoisotopic (exact) mass is 294 g/mol. The minimum Gasteiger partial charge on any atom is -0.362 e. The number of nitro groups is 1. The molecule has 1 aromatic heterocycles. The van der Waals surface area contributed by atoms with Crippen molar-refractivity contribution < 1.29 is 4.92 Å². The van der Waals surface area contributed by atoms with Gasteiger partial charge < -0.3 is 5.32 Å². The van der Waals surface area contributed by atoms with Crippen LogP contribution in [0.15, 0.2) is 0 Å². The summed E-state index contributed by atoms with van der Waals surface area (Å²) in [6, 6.07) is 0.309. The van der Waals surface area contributed by atoms with Crippen LogP contribution in [0.25, 0.3) is 0 Å². The van der Waals surface area contributed by atoms with Crippen molar-refractivity contribution in [3.8, 4) is 0 Å². The molecule has 1 aliphatic carbocycles. The van der Waals surface area contributed by atoms with Gasteiger partial charge in [0.2, 0.25) is 5.82 Å². The number of aromatic nitrogens is 2. The number of nitrogens with one attached hydrogen (secondary N) is 1. The minimum atomic E-state index is -0.316. The number of rotatable bonds is 5. The minimum absolute atomic E-state index is 0.133. The molecule has 118 valence electrons. The highest BCUT2D eigenvalue weighted by molar-refractivity contribution is 5.60. The van der Waals surface area contributed by atoms with Crippen LogP contribution in [0.5, 0.6) is 0 Å². The van der Waals surface area contributed by atoms with Crippen LogP contribution < -0.4 is 5.32 Å². The summed E-state index contributed by atoms with van der Waals surface area (Å²) >= 11 is 0. The zero-order valence-corrected chi connectivity index (χ0v) is 13.5. The van der Waals surface area contributed by atoms with E-state index in [0.29, 0.717) is 29.5 Å². The first-order valence-electron chi connectivity index (χ1n) is 7.82. The topological polar surface area (TPSA) is 73.0 Å². The van der Waals surface area contributed by atoms with E-state index in [0.717, 1.165) is 32.1 Å². The summed E-state index contributed by atoms with van der Waals surface area (Å²) in [7, 11) is 0. The molecule has 1 N–H and O–H groups in total. The van der Waals surface area contributed by atoms with Gasteiger partial charge in [-0.3, -0.25) is 10.1 Å². The van der Waals surface area contributed by atoms with Crippen molar-refractivity contribution in [3.05, 3.63) is 15.8 Å². The summed E-state index contributed by atoms with van der Waals surface area (Å²) in [5.41, 5.74) is 1.02. The predicted octanol–water partition coefficient (Wildman–Crippen LogP) is 3.89. The van der Waals surface area contributed by atoms with E-state index in [1.54, 1.807) is 11.6 Å². The average molecular weight is 294 g/mol. The van der Waals surface area contributed by atoms with E-state index >= 15 is 0 Å². The Kier molecular flexibility index (Phi) is 4.54. The third kappa shape index (κ3) is 3.54. The number of anilines is 1. The second-order valence-corrected chi connectivity index (χ2v) is 6.85. The van der Waals surface area contributed by atoms with Gasteiger partial charge in [-0.15, -0.1) is 0 Å². The molecule has 0 atom stereocenters. The van der Waals surface area contributed by atoms with Crippen LogP contribution in [0, 0.1) is 22.5 Å². The molecule has 0 aliphatic heterocycles. The molecule has 0 bridgehead atoms. The van der Waals surface area contributed by atoms with Crippen molar-refractivity contribution in [2.24, 2.45) is 5.41 Å². The highest BCUT2D eigenvalue weighted by Crippen LogP contribution is 2.37. The molecule has 21 heavy (non-hydrogen) atoms. The lowest BCUT2D eigenvalue weighted by Gasteiger charge is -2.34. The maximum Gasteiger partial charge on any atom is 0.333 e. The van der Waals surface area contributed by atoms with E-state index in [4.69, 9.17) is 0 Å². The first-order valence-corrected chi connectivity index (χ1v) is 7.82. The van der Waals surface area contributed by atoms with Gasteiger partial charge in [0.15, 0.2) is 0 Å². The van der Waals surface area contributed by atoms with Gasteiger partial charge >= 0.3 is 5.69 Å². The van der Waals surface area contributed by atoms with Crippen LogP contribution in [0.2, 0.25) is 0 Å². The molecule has 0 amide bonds. The molecule has 0 saturated heterocycles. The molecule has 0 spiro atoms. The number of hydrogen-bond donors (Lipinski definition) is 1. The maximum absolute atomic E-state index is 11.3. The van der Waals surface area contributed by atoms with Gasteiger partial charge in [0.05, 0.1) is 4.92 Å². The molecule has 1 aromatic rings. The van der Waals surface area contributed by atoms with Gasteiger partial charge in [0.1, 0.15) is 5.69 Å². The Morgan fingerprint density at radius 1 is 1.43 bits per heavy atom. The third-order valence-electron chi connectivity index (χ3n) is 4.39. The van der Waals surface area contributed by atoms with Crippen LogP contribution in [-0.4, -0.2) is 20.7 Å². The smallest absolute Gasteiger partial charge is 0.333 e. The Hall–Kier alpha value is -1.59. The van der Waals surface area contributed by atoms with Crippen molar-refractivity contribution in [1.82, 2.24) is 9.78 Å². The van der Waals surface area contributed by atoms with Crippen LogP contribution in [-0.2, 0) is 6.54 Å². The Bertz CT molecular complexity index is 512. The van der Waals surface area contributed by atoms with Gasteiger partial charge in [-0.05, 0) is 44.4 Å². The summed E-state index contributed by atoms with van der Waals surface area (Å²) in [6.07, 6.45) is 5.32. The van der Waals surface area contributed by atoms with E-state index in [2.05, 4.69) is 31.2 Å². The quantitative estimate of drug-likeness (QED) is 0.660. The van der Waals surface area contributed by atoms with Crippen molar-refractivity contribution in [3.63, 3.8) is 0 Å². The van der Waals surface area contributed by atoms with E-state index in [-0.39, 0.29) is 10.6 Å². The first kappa shape index (κ1) is 15.8. The van der Waals surface area contributed by atoms with Crippen molar-refractivity contribution >= 4 is 11.5 Å². The zero-order chi connectivity index (χ0) is 15.6. The standard InChI is InChI=1S/C15H26N4O2/c1-5-10-18-14(13(19(20)21)11(2)17-18)16-12-6-8-15(3,4)9-7-12/h12,16H,5-10H2,1-4H3. The molecular weight excluding hydrogens is 268 g/mol. The lowest BCUT2D eigenvalue weighted by atomic mass is 9.75. The van der Waals surface area contributed by atoms with Crippen LogP contribution >= 0.6 is 0 Å². The molecule has 0 radical (unpaired) electrons. The highest BCUT2D eigenvalue weighted by atomic mass is 16.6. The van der Waals surface area contributed by atoms with Gasteiger partial charge in [-0.1, -0.05) is 20.8 Å². The fourth-order valence-electron chi connectivity index (χ4n) is 3.04. The van der Waals surface area contributed by atoms with Crippen molar-refractivity contribution in [1.29, 1.82) is 0 Å². The normalized spacial score (nSPS) is 18.7. The molecule has 0 aromatic carbocycles. The fourth-order valence-corrected chi connectivity index (χ4v) is 3.04. The van der Waals surface area contributed by atoms with Crippen molar-refractivity contribution in [2.75, 3.05) is 5.32 Å². The van der Waals surface area contributed by atoms with Gasteiger partial charge in [-0.25, -0.2) is 4.68 Å². The van der Waals surface area contributed by atoms with E-state index in [1.807, 2.05) is 0 Å².